The van der Waals surface area contributed by atoms with Crippen molar-refractivity contribution in [1.29, 1.82) is 0 Å². The summed E-state index contributed by atoms with van der Waals surface area (Å²) in [5, 5.41) is 5.14. The standard InChI is InChI=1S/C34H22BrN/c35-31-16-7-6-14-28(31)26-11-8-10-24(21-26)25-17-19-30-33(22-25)36(27-12-2-1-3-13-27)32-20-18-23-9-4-5-15-29(23)34(30)32/h1-22H. The van der Waals surface area contributed by atoms with Crippen LogP contribution in [0.4, 0.5) is 0 Å². The highest BCUT2D eigenvalue weighted by Crippen LogP contribution is 2.39. The van der Waals surface area contributed by atoms with Crippen LogP contribution in [-0.2, 0) is 0 Å². The lowest BCUT2D eigenvalue weighted by Crippen LogP contribution is -1.93. The minimum atomic E-state index is 1.11. The minimum Gasteiger partial charge on any atom is -0.309 e. The van der Waals surface area contributed by atoms with Crippen molar-refractivity contribution < 1.29 is 0 Å². The Morgan fingerprint density at radius 3 is 2.11 bits per heavy atom. The highest BCUT2D eigenvalue weighted by Gasteiger charge is 2.16. The molecule has 170 valence electrons. The van der Waals surface area contributed by atoms with Crippen LogP contribution >= 0.6 is 15.9 Å². The largest absolute Gasteiger partial charge is 0.309 e. The molecule has 36 heavy (non-hydrogen) atoms. The topological polar surface area (TPSA) is 4.93 Å². The molecule has 1 nitrogen and oxygen atoms in total. The van der Waals surface area contributed by atoms with Crippen LogP contribution in [0.1, 0.15) is 0 Å². The number of para-hydroxylation sites is 1. The zero-order chi connectivity index (χ0) is 24.1. The fourth-order valence-electron chi connectivity index (χ4n) is 5.38. The molecule has 0 aliphatic rings. The Kier molecular flexibility index (Phi) is 5.00. The van der Waals surface area contributed by atoms with Crippen molar-refractivity contribution in [2.24, 2.45) is 0 Å². The highest BCUT2D eigenvalue weighted by atomic mass is 79.9. The molecule has 0 aliphatic heterocycles. The van der Waals surface area contributed by atoms with Gasteiger partial charge in [-0.25, -0.2) is 0 Å². The van der Waals surface area contributed by atoms with Gasteiger partial charge in [0.2, 0.25) is 0 Å². The Morgan fingerprint density at radius 1 is 0.472 bits per heavy atom. The van der Waals surface area contributed by atoms with Crippen molar-refractivity contribution in [3.63, 3.8) is 0 Å². The van der Waals surface area contributed by atoms with Crippen molar-refractivity contribution in [3.8, 4) is 27.9 Å². The van der Waals surface area contributed by atoms with Crippen LogP contribution in [0.3, 0.4) is 0 Å². The fraction of sp³-hybridized carbons (Fsp3) is 0. The van der Waals surface area contributed by atoms with Crippen LogP contribution in [0.2, 0.25) is 0 Å². The van der Waals surface area contributed by atoms with Crippen molar-refractivity contribution in [3.05, 3.63) is 138 Å². The van der Waals surface area contributed by atoms with Gasteiger partial charge in [-0.05, 0) is 69.4 Å². The maximum Gasteiger partial charge on any atom is 0.0547 e. The third-order valence-electron chi connectivity index (χ3n) is 7.05. The third kappa shape index (κ3) is 3.37. The molecule has 0 saturated carbocycles. The summed E-state index contributed by atoms with van der Waals surface area (Å²) in [5.74, 6) is 0. The number of hydrogen-bond acceptors (Lipinski definition) is 0. The molecule has 2 heteroatoms. The molecule has 6 aromatic carbocycles. The monoisotopic (exact) mass is 523 g/mol. The number of benzene rings is 6. The van der Waals surface area contributed by atoms with Crippen molar-refractivity contribution >= 4 is 48.5 Å². The molecule has 1 aromatic heterocycles. The lowest BCUT2D eigenvalue weighted by molar-refractivity contribution is 1.18. The maximum absolute atomic E-state index is 3.72. The van der Waals surface area contributed by atoms with E-state index in [9.17, 15) is 0 Å². The van der Waals surface area contributed by atoms with E-state index in [2.05, 4.69) is 154 Å². The molecule has 0 N–H and O–H groups in total. The zero-order valence-corrected chi connectivity index (χ0v) is 21.1. The summed E-state index contributed by atoms with van der Waals surface area (Å²) < 4.78 is 3.51. The maximum atomic E-state index is 3.72. The molecule has 0 radical (unpaired) electrons. The molecular formula is C34H22BrN. The number of halogens is 1. The summed E-state index contributed by atoms with van der Waals surface area (Å²) >= 11 is 3.72. The van der Waals surface area contributed by atoms with Gasteiger partial charge < -0.3 is 4.57 Å². The summed E-state index contributed by atoms with van der Waals surface area (Å²) in [6.45, 7) is 0. The normalized spacial score (nSPS) is 11.5. The predicted octanol–water partition coefficient (Wildman–Crippen LogP) is 10.0. The highest BCUT2D eigenvalue weighted by molar-refractivity contribution is 9.10. The molecule has 7 rings (SSSR count). The van der Waals surface area contributed by atoms with Crippen LogP contribution in [0.15, 0.2) is 138 Å². The summed E-state index contributed by atoms with van der Waals surface area (Å²) in [4.78, 5) is 0. The number of hydrogen-bond donors (Lipinski definition) is 0. The number of nitrogens with zero attached hydrogens (tertiary/aromatic N) is 1. The molecule has 0 fully saturated rings. The van der Waals surface area contributed by atoms with Gasteiger partial charge in [0.05, 0.1) is 11.0 Å². The first-order valence-electron chi connectivity index (χ1n) is 12.1. The van der Waals surface area contributed by atoms with E-state index in [4.69, 9.17) is 0 Å². The second-order valence-corrected chi connectivity index (χ2v) is 10.00. The van der Waals surface area contributed by atoms with E-state index in [1.165, 1.54) is 60.5 Å². The van der Waals surface area contributed by atoms with Crippen LogP contribution < -0.4 is 0 Å². The van der Waals surface area contributed by atoms with Crippen molar-refractivity contribution in [1.82, 2.24) is 4.57 Å². The van der Waals surface area contributed by atoms with E-state index in [1.54, 1.807) is 0 Å². The summed E-state index contributed by atoms with van der Waals surface area (Å²) in [7, 11) is 0. The first-order valence-corrected chi connectivity index (χ1v) is 12.9. The molecular weight excluding hydrogens is 502 g/mol. The lowest BCUT2D eigenvalue weighted by atomic mass is 9.98. The SMILES string of the molecule is Brc1ccccc1-c1cccc(-c2ccc3c4c5ccccc5ccc4n(-c4ccccc4)c3c2)c1. The van der Waals surface area contributed by atoms with Gasteiger partial charge in [0, 0.05) is 20.9 Å². The van der Waals surface area contributed by atoms with Gasteiger partial charge in [0.25, 0.3) is 0 Å². The summed E-state index contributed by atoms with van der Waals surface area (Å²) in [6.07, 6.45) is 0. The molecule has 0 bridgehead atoms. The Balaban J connectivity index is 1.51. The summed E-state index contributed by atoms with van der Waals surface area (Å²) in [6, 6.07) is 47.9. The van der Waals surface area contributed by atoms with E-state index >= 15 is 0 Å². The lowest BCUT2D eigenvalue weighted by Gasteiger charge is -2.10. The molecule has 7 aromatic rings. The van der Waals surface area contributed by atoms with Crippen LogP contribution in [-0.4, -0.2) is 4.57 Å². The second kappa shape index (κ2) is 8.51. The number of fused-ring (bicyclic) bond motifs is 5. The van der Waals surface area contributed by atoms with Crippen LogP contribution in [0.25, 0.3) is 60.5 Å². The van der Waals surface area contributed by atoms with E-state index in [-0.39, 0.29) is 0 Å². The van der Waals surface area contributed by atoms with E-state index < -0.39 is 0 Å². The van der Waals surface area contributed by atoms with Gasteiger partial charge in [-0.3, -0.25) is 0 Å². The molecule has 0 unspecified atom stereocenters. The first kappa shape index (κ1) is 21.2. The Labute approximate surface area is 218 Å². The average Bonchev–Trinajstić information content (AvgIpc) is 3.28. The van der Waals surface area contributed by atoms with E-state index in [0.29, 0.717) is 0 Å². The van der Waals surface area contributed by atoms with Gasteiger partial charge in [-0.2, -0.15) is 0 Å². The van der Waals surface area contributed by atoms with E-state index in [1.807, 2.05) is 0 Å². The minimum absolute atomic E-state index is 1.11. The smallest absolute Gasteiger partial charge is 0.0547 e. The Hall–Kier alpha value is -4.14. The van der Waals surface area contributed by atoms with Gasteiger partial charge in [0.1, 0.15) is 0 Å². The zero-order valence-electron chi connectivity index (χ0n) is 19.5. The second-order valence-electron chi connectivity index (χ2n) is 9.14. The molecule has 1 heterocycles. The quantitative estimate of drug-likeness (QED) is 0.217. The fourth-order valence-corrected chi connectivity index (χ4v) is 5.90. The van der Waals surface area contributed by atoms with Crippen molar-refractivity contribution in [2.45, 2.75) is 0 Å². The third-order valence-corrected chi connectivity index (χ3v) is 7.74. The Bertz CT molecular complexity index is 1900. The molecule has 0 atom stereocenters. The number of aromatic nitrogens is 1. The number of rotatable bonds is 3. The summed E-state index contributed by atoms with van der Waals surface area (Å²) in [5.41, 5.74) is 8.44. The van der Waals surface area contributed by atoms with Gasteiger partial charge >= 0.3 is 0 Å². The molecule has 0 saturated heterocycles. The Morgan fingerprint density at radius 2 is 1.22 bits per heavy atom. The average molecular weight is 524 g/mol. The molecule has 0 aliphatic carbocycles. The van der Waals surface area contributed by atoms with Crippen LogP contribution in [0.5, 0.6) is 0 Å². The molecule has 0 amide bonds. The predicted molar refractivity (Wildman–Crippen MR) is 157 cm³/mol. The first-order chi connectivity index (χ1) is 17.8. The van der Waals surface area contributed by atoms with Gasteiger partial charge in [-0.1, -0.05) is 113 Å². The van der Waals surface area contributed by atoms with Gasteiger partial charge in [-0.15, -0.1) is 0 Å². The van der Waals surface area contributed by atoms with Gasteiger partial charge in [0.15, 0.2) is 0 Å². The van der Waals surface area contributed by atoms with E-state index in [0.717, 1.165) is 4.47 Å². The molecule has 0 spiro atoms. The van der Waals surface area contributed by atoms with Crippen molar-refractivity contribution in [2.75, 3.05) is 0 Å². The van der Waals surface area contributed by atoms with Crippen LogP contribution in [0, 0.1) is 0 Å².